The molecule has 0 atom stereocenters. The van der Waals surface area contributed by atoms with Crippen molar-refractivity contribution >= 4 is 57.5 Å². The van der Waals surface area contributed by atoms with E-state index >= 15 is 0 Å². The number of carbonyl (C=O) groups is 2. The number of benzene rings is 3. The Labute approximate surface area is 226 Å². The van der Waals surface area contributed by atoms with Crippen molar-refractivity contribution in [1.82, 2.24) is 4.57 Å². The van der Waals surface area contributed by atoms with Crippen molar-refractivity contribution in [3.8, 4) is 11.5 Å². The number of hydrogen-bond donors (Lipinski definition) is 0. The highest BCUT2D eigenvalue weighted by Crippen LogP contribution is 2.38. The van der Waals surface area contributed by atoms with E-state index in [1.54, 1.807) is 42.5 Å². The second-order valence-corrected chi connectivity index (χ2v) is 9.13. The van der Waals surface area contributed by atoms with Crippen molar-refractivity contribution in [2.75, 3.05) is 24.0 Å². The lowest BCUT2D eigenvalue weighted by Crippen LogP contribution is -2.57. The highest BCUT2D eigenvalue weighted by Gasteiger charge is 2.43. The zero-order valence-corrected chi connectivity index (χ0v) is 22.2. The number of para-hydroxylation sites is 5. The summed E-state index contributed by atoms with van der Waals surface area (Å²) in [5.41, 5.74) is 2.68. The minimum absolute atomic E-state index is 0.0135. The van der Waals surface area contributed by atoms with Crippen LogP contribution >= 0.6 is 12.2 Å². The first-order chi connectivity index (χ1) is 18.5. The fourth-order valence-electron chi connectivity index (χ4n) is 4.76. The smallest absolute Gasteiger partial charge is 0.270 e. The average Bonchev–Trinajstić information content (AvgIpc) is 3.29. The SMILES string of the molecule is CCCn1cc(C=C2C(=O)N(c3ccccc3OC)C(=S)N(c3ccccc3OC)C2=O)c2ccccc21. The van der Waals surface area contributed by atoms with Gasteiger partial charge in [0, 0.05) is 29.2 Å². The molecule has 0 radical (unpaired) electrons. The lowest BCUT2D eigenvalue weighted by Gasteiger charge is -2.37. The summed E-state index contributed by atoms with van der Waals surface area (Å²) in [6.45, 7) is 2.93. The molecule has 1 fully saturated rings. The molecule has 0 unspecified atom stereocenters. The highest BCUT2D eigenvalue weighted by atomic mass is 32.1. The second-order valence-electron chi connectivity index (χ2n) is 8.76. The molecule has 3 aromatic carbocycles. The van der Waals surface area contributed by atoms with Crippen LogP contribution in [0, 0.1) is 0 Å². The van der Waals surface area contributed by atoms with Crippen molar-refractivity contribution < 1.29 is 19.1 Å². The van der Waals surface area contributed by atoms with Crippen LogP contribution in [0.1, 0.15) is 18.9 Å². The lowest BCUT2D eigenvalue weighted by atomic mass is 10.0. The molecule has 0 spiro atoms. The number of hydrogen-bond acceptors (Lipinski definition) is 5. The minimum atomic E-state index is -0.525. The van der Waals surface area contributed by atoms with Gasteiger partial charge in [0.1, 0.15) is 17.1 Å². The summed E-state index contributed by atoms with van der Waals surface area (Å²) in [6.07, 6.45) is 4.59. The van der Waals surface area contributed by atoms with Crippen molar-refractivity contribution in [3.63, 3.8) is 0 Å². The van der Waals surface area contributed by atoms with E-state index in [9.17, 15) is 9.59 Å². The van der Waals surface area contributed by atoms with Crippen molar-refractivity contribution in [3.05, 3.63) is 90.1 Å². The largest absolute Gasteiger partial charge is 0.495 e. The molecule has 5 rings (SSSR count). The first-order valence-corrected chi connectivity index (χ1v) is 12.7. The predicted molar refractivity (Wildman–Crippen MR) is 154 cm³/mol. The molecule has 8 heteroatoms. The zero-order chi connectivity index (χ0) is 26.8. The summed E-state index contributed by atoms with van der Waals surface area (Å²) >= 11 is 5.78. The summed E-state index contributed by atoms with van der Waals surface area (Å²) < 4.78 is 13.2. The number of aromatic nitrogens is 1. The topological polar surface area (TPSA) is 64.0 Å². The minimum Gasteiger partial charge on any atom is -0.495 e. The van der Waals surface area contributed by atoms with Crippen molar-refractivity contribution in [1.29, 1.82) is 0 Å². The van der Waals surface area contributed by atoms with Gasteiger partial charge in [0.05, 0.1) is 25.6 Å². The number of nitrogens with zero attached hydrogens (tertiary/aromatic N) is 3. The molecule has 1 aromatic heterocycles. The molecule has 1 aliphatic heterocycles. The Morgan fingerprint density at radius 3 is 1.87 bits per heavy atom. The Morgan fingerprint density at radius 1 is 0.789 bits per heavy atom. The molecule has 0 aliphatic carbocycles. The summed E-state index contributed by atoms with van der Waals surface area (Å²) in [6, 6.07) is 22.1. The molecule has 4 aromatic rings. The van der Waals surface area contributed by atoms with E-state index in [2.05, 4.69) is 11.5 Å². The third-order valence-corrected chi connectivity index (χ3v) is 6.85. The summed E-state index contributed by atoms with van der Waals surface area (Å²) in [4.78, 5) is 30.8. The maximum Gasteiger partial charge on any atom is 0.270 e. The summed E-state index contributed by atoms with van der Waals surface area (Å²) in [5.74, 6) is -0.140. The van der Waals surface area contributed by atoms with Crippen LogP contribution in [0.4, 0.5) is 11.4 Å². The van der Waals surface area contributed by atoms with Crippen LogP contribution in [-0.2, 0) is 16.1 Å². The summed E-state index contributed by atoms with van der Waals surface area (Å²) in [5, 5.41) is 0.967. The van der Waals surface area contributed by atoms with Crippen molar-refractivity contribution in [2.45, 2.75) is 19.9 Å². The van der Waals surface area contributed by atoms with Gasteiger partial charge in [-0.05, 0) is 55.0 Å². The highest BCUT2D eigenvalue weighted by molar-refractivity contribution is 7.81. The number of carbonyl (C=O) groups excluding carboxylic acids is 2. The quantitative estimate of drug-likeness (QED) is 0.173. The van der Waals surface area contributed by atoms with E-state index in [0.29, 0.717) is 22.9 Å². The third-order valence-electron chi connectivity index (χ3n) is 6.49. The molecule has 38 heavy (non-hydrogen) atoms. The fraction of sp³-hybridized carbons (Fsp3) is 0.167. The number of anilines is 2. The molecule has 0 saturated carbocycles. The number of aryl methyl sites for hydroxylation is 1. The number of ether oxygens (including phenoxy) is 2. The second kappa shape index (κ2) is 10.5. The summed E-state index contributed by atoms with van der Waals surface area (Å²) in [7, 11) is 3.05. The Balaban J connectivity index is 1.73. The molecule has 2 amide bonds. The number of amides is 2. The van der Waals surface area contributed by atoms with Gasteiger partial charge in [-0.15, -0.1) is 0 Å². The number of rotatable bonds is 7. The van der Waals surface area contributed by atoms with Crippen molar-refractivity contribution in [2.24, 2.45) is 0 Å². The van der Waals surface area contributed by atoms with E-state index in [-0.39, 0.29) is 10.7 Å². The van der Waals surface area contributed by atoms with E-state index < -0.39 is 11.8 Å². The first-order valence-electron chi connectivity index (χ1n) is 12.3. The zero-order valence-electron chi connectivity index (χ0n) is 21.4. The number of thiocarbonyl (C=S) groups is 1. The number of methoxy groups -OCH3 is 2. The van der Waals surface area contributed by atoms with E-state index in [4.69, 9.17) is 21.7 Å². The van der Waals surface area contributed by atoms with Crippen LogP contribution in [0.15, 0.2) is 84.6 Å². The van der Waals surface area contributed by atoms with Crippen LogP contribution in [0.5, 0.6) is 11.5 Å². The molecule has 0 N–H and O–H groups in total. The Kier molecular flexibility index (Phi) is 6.98. The molecule has 1 aliphatic rings. The van der Waals surface area contributed by atoms with Crippen LogP contribution < -0.4 is 19.3 Å². The maximum atomic E-state index is 14.0. The van der Waals surface area contributed by atoms with Gasteiger partial charge < -0.3 is 14.0 Å². The van der Waals surface area contributed by atoms with Gasteiger partial charge in [-0.2, -0.15) is 0 Å². The number of fused-ring (bicyclic) bond motifs is 1. The van der Waals surface area contributed by atoms with Gasteiger partial charge in [-0.1, -0.05) is 49.4 Å². The molecule has 1 saturated heterocycles. The lowest BCUT2D eigenvalue weighted by molar-refractivity contribution is -0.120. The molecule has 2 heterocycles. The van der Waals surface area contributed by atoms with Crippen LogP contribution in [0.2, 0.25) is 0 Å². The Bertz CT molecular complexity index is 1520. The standard InChI is InChI=1S/C30H27N3O4S/c1-4-17-31-19-20(21-11-5-6-12-23(21)31)18-22-28(34)32(24-13-7-9-15-26(24)36-2)30(38)33(29(22)35)25-14-8-10-16-27(25)37-3/h5-16,18-19H,4,17H2,1-3H3. The van der Waals surface area contributed by atoms with Gasteiger partial charge in [0.25, 0.3) is 11.8 Å². The van der Waals surface area contributed by atoms with E-state index in [1.807, 2.05) is 42.6 Å². The van der Waals surface area contributed by atoms with Gasteiger partial charge in [0.15, 0.2) is 5.11 Å². The van der Waals surface area contributed by atoms with E-state index in [1.165, 1.54) is 24.0 Å². The van der Waals surface area contributed by atoms with Crippen LogP contribution in [0.25, 0.3) is 17.0 Å². The molecule has 7 nitrogen and oxygen atoms in total. The van der Waals surface area contributed by atoms with E-state index in [0.717, 1.165) is 29.4 Å². The Morgan fingerprint density at radius 2 is 1.32 bits per heavy atom. The van der Waals surface area contributed by atoms with Crippen LogP contribution in [0.3, 0.4) is 0 Å². The molecule has 192 valence electrons. The van der Waals surface area contributed by atoms with Gasteiger partial charge >= 0.3 is 0 Å². The first kappa shape index (κ1) is 25.2. The van der Waals surface area contributed by atoms with Gasteiger partial charge in [0.2, 0.25) is 0 Å². The molecular weight excluding hydrogens is 498 g/mol. The fourth-order valence-corrected chi connectivity index (χ4v) is 5.12. The molecule has 0 bridgehead atoms. The molecular formula is C30H27N3O4S. The van der Waals surface area contributed by atoms with Crippen LogP contribution in [-0.4, -0.2) is 35.7 Å². The third kappa shape index (κ3) is 4.22. The van der Waals surface area contributed by atoms with Gasteiger partial charge in [-0.3, -0.25) is 9.59 Å². The normalized spacial score (nSPS) is 13.9. The monoisotopic (exact) mass is 525 g/mol. The maximum absolute atomic E-state index is 14.0. The predicted octanol–water partition coefficient (Wildman–Crippen LogP) is 5.82. The average molecular weight is 526 g/mol. The van der Waals surface area contributed by atoms with Gasteiger partial charge in [-0.25, -0.2) is 9.80 Å². The Hall–Kier alpha value is -4.43.